The molecule has 3 rings (SSSR count). The Morgan fingerprint density at radius 2 is 2.08 bits per heavy atom. The smallest absolute Gasteiger partial charge is 0.253 e. The van der Waals surface area contributed by atoms with Crippen LogP contribution < -0.4 is 0 Å². The molecule has 0 aromatic heterocycles. The van der Waals surface area contributed by atoms with Crippen LogP contribution in [-0.2, 0) is 11.3 Å². The molecule has 1 fully saturated rings. The molecule has 5 heteroatoms. The molecule has 0 saturated carbocycles. The molecular weight excluding hydrogens is 324 g/mol. The summed E-state index contributed by atoms with van der Waals surface area (Å²) in [5.41, 5.74) is 1.90. The highest BCUT2D eigenvalue weighted by Crippen LogP contribution is 2.19. The van der Waals surface area contributed by atoms with Crippen molar-refractivity contribution in [2.45, 2.75) is 32.5 Å². The molecule has 25 heavy (non-hydrogen) atoms. The van der Waals surface area contributed by atoms with Crippen molar-refractivity contribution in [3.8, 4) is 0 Å². The molecule has 3 nitrogen and oxygen atoms in total. The first-order valence-corrected chi connectivity index (χ1v) is 8.44. The van der Waals surface area contributed by atoms with Gasteiger partial charge in [0.15, 0.2) is 0 Å². The van der Waals surface area contributed by atoms with Crippen molar-refractivity contribution >= 4 is 5.91 Å². The van der Waals surface area contributed by atoms with Crippen LogP contribution in [0.15, 0.2) is 42.5 Å². The lowest BCUT2D eigenvalue weighted by atomic mass is 10.1. The standard InChI is InChI=1S/C20H21F2NO2/c1-14-4-2-5-15(10-14)20(24)23-9-3-6-18(12-23)25-13-16-11-17(21)7-8-19(16)22/h2,4-5,7-8,10-11,18H,3,6,9,12-13H2,1H3/t18-/m0/s1. The van der Waals surface area contributed by atoms with Gasteiger partial charge in [-0.3, -0.25) is 4.79 Å². The normalized spacial score (nSPS) is 17.6. The van der Waals surface area contributed by atoms with Gasteiger partial charge in [-0.1, -0.05) is 17.7 Å². The maximum Gasteiger partial charge on any atom is 0.253 e. The number of piperidine rings is 1. The molecule has 0 radical (unpaired) electrons. The van der Waals surface area contributed by atoms with Crippen LogP contribution in [0.3, 0.4) is 0 Å². The van der Waals surface area contributed by atoms with E-state index in [0.717, 1.165) is 36.6 Å². The van der Waals surface area contributed by atoms with Gasteiger partial charge in [-0.2, -0.15) is 0 Å². The Morgan fingerprint density at radius 3 is 2.88 bits per heavy atom. The van der Waals surface area contributed by atoms with Crippen LogP contribution in [0.4, 0.5) is 8.78 Å². The van der Waals surface area contributed by atoms with E-state index < -0.39 is 11.6 Å². The number of hydrogen-bond donors (Lipinski definition) is 0. The minimum Gasteiger partial charge on any atom is -0.372 e. The van der Waals surface area contributed by atoms with Crippen LogP contribution in [0.2, 0.25) is 0 Å². The molecule has 2 aromatic carbocycles. The minimum absolute atomic E-state index is 0.000730. The fraction of sp³-hybridized carbons (Fsp3) is 0.350. The van der Waals surface area contributed by atoms with E-state index in [9.17, 15) is 13.6 Å². The molecule has 0 aliphatic carbocycles. The van der Waals surface area contributed by atoms with Gasteiger partial charge in [-0.05, 0) is 50.1 Å². The molecule has 1 aliphatic heterocycles. The molecule has 0 bridgehead atoms. The molecule has 132 valence electrons. The maximum absolute atomic E-state index is 13.7. The predicted octanol–water partition coefficient (Wildman–Crippen LogP) is 4.09. The van der Waals surface area contributed by atoms with Gasteiger partial charge < -0.3 is 9.64 Å². The van der Waals surface area contributed by atoms with Crippen molar-refractivity contribution in [3.63, 3.8) is 0 Å². The maximum atomic E-state index is 13.7. The second-order valence-electron chi connectivity index (χ2n) is 6.43. The van der Waals surface area contributed by atoms with E-state index in [-0.39, 0.29) is 24.2 Å². The molecule has 0 unspecified atom stereocenters. The van der Waals surface area contributed by atoms with Gasteiger partial charge in [0.1, 0.15) is 11.6 Å². The van der Waals surface area contributed by atoms with E-state index in [1.165, 1.54) is 0 Å². The topological polar surface area (TPSA) is 29.5 Å². The van der Waals surface area contributed by atoms with Crippen molar-refractivity contribution in [2.75, 3.05) is 13.1 Å². The highest BCUT2D eigenvalue weighted by atomic mass is 19.1. The first-order chi connectivity index (χ1) is 12.0. The Morgan fingerprint density at radius 1 is 1.24 bits per heavy atom. The quantitative estimate of drug-likeness (QED) is 0.835. The van der Waals surface area contributed by atoms with E-state index in [1.807, 2.05) is 31.2 Å². The van der Waals surface area contributed by atoms with Crippen LogP contribution in [0, 0.1) is 18.6 Å². The number of carbonyl (C=O) groups is 1. The molecule has 1 amide bonds. The van der Waals surface area contributed by atoms with Gasteiger partial charge >= 0.3 is 0 Å². The summed E-state index contributed by atoms with van der Waals surface area (Å²) in [6, 6.07) is 10.8. The summed E-state index contributed by atoms with van der Waals surface area (Å²) in [7, 11) is 0. The van der Waals surface area contributed by atoms with E-state index in [4.69, 9.17) is 4.74 Å². The van der Waals surface area contributed by atoms with Crippen molar-refractivity contribution < 1.29 is 18.3 Å². The summed E-state index contributed by atoms with van der Waals surface area (Å²) in [4.78, 5) is 14.4. The lowest BCUT2D eigenvalue weighted by Crippen LogP contribution is -2.43. The monoisotopic (exact) mass is 345 g/mol. The van der Waals surface area contributed by atoms with Gasteiger partial charge in [-0.25, -0.2) is 8.78 Å². The van der Waals surface area contributed by atoms with Crippen LogP contribution in [0.25, 0.3) is 0 Å². The molecular formula is C20H21F2NO2. The zero-order valence-electron chi connectivity index (χ0n) is 14.2. The average Bonchev–Trinajstić information content (AvgIpc) is 2.62. The van der Waals surface area contributed by atoms with Crippen molar-refractivity contribution in [2.24, 2.45) is 0 Å². The number of carbonyl (C=O) groups excluding carboxylic acids is 1. The number of hydrogen-bond acceptors (Lipinski definition) is 2. The first-order valence-electron chi connectivity index (χ1n) is 8.44. The Balaban J connectivity index is 1.61. The number of ether oxygens (including phenoxy) is 1. The van der Waals surface area contributed by atoms with Gasteiger partial charge in [0.25, 0.3) is 5.91 Å². The number of halogens is 2. The molecule has 1 atom stereocenters. The third-order valence-electron chi connectivity index (χ3n) is 4.41. The number of amides is 1. The molecule has 0 N–H and O–H groups in total. The van der Waals surface area contributed by atoms with Crippen LogP contribution in [0.5, 0.6) is 0 Å². The van der Waals surface area contributed by atoms with Crippen LogP contribution in [-0.4, -0.2) is 30.0 Å². The average molecular weight is 345 g/mol. The summed E-state index contributed by atoms with van der Waals surface area (Å²) in [5.74, 6) is -0.987. The molecule has 2 aromatic rings. The summed E-state index contributed by atoms with van der Waals surface area (Å²) < 4.78 is 32.6. The lowest BCUT2D eigenvalue weighted by Gasteiger charge is -2.33. The number of likely N-dealkylation sites (tertiary alicyclic amines) is 1. The van der Waals surface area contributed by atoms with Crippen molar-refractivity contribution in [3.05, 3.63) is 70.8 Å². The Kier molecular flexibility index (Phi) is 5.43. The number of aryl methyl sites for hydroxylation is 1. The SMILES string of the molecule is Cc1cccc(C(=O)N2CCC[C@H](OCc3cc(F)ccc3F)C2)c1. The highest BCUT2D eigenvalue weighted by Gasteiger charge is 2.25. The molecule has 1 aliphatic rings. The highest BCUT2D eigenvalue weighted by molar-refractivity contribution is 5.94. The molecule has 0 spiro atoms. The second kappa shape index (κ2) is 7.74. The fourth-order valence-corrected chi connectivity index (χ4v) is 3.08. The zero-order valence-corrected chi connectivity index (χ0v) is 14.2. The summed E-state index contributed by atoms with van der Waals surface area (Å²) in [5, 5.41) is 0. The number of nitrogens with zero attached hydrogens (tertiary/aromatic N) is 1. The third-order valence-corrected chi connectivity index (χ3v) is 4.41. The predicted molar refractivity (Wildman–Crippen MR) is 91.3 cm³/mol. The van der Waals surface area contributed by atoms with Crippen molar-refractivity contribution in [1.82, 2.24) is 4.90 Å². The largest absolute Gasteiger partial charge is 0.372 e. The van der Waals surface area contributed by atoms with E-state index in [0.29, 0.717) is 18.7 Å². The van der Waals surface area contributed by atoms with E-state index in [1.54, 1.807) is 4.90 Å². The number of benzene rings is 2. The van der Waals surface area contributed by atoms with Gasteiger partial charge in [0, 0.05) is 24.2 Å². The third kappa shape index (κ3) is 4.42. The first kappa shape index (κ1) is 17.5. The second-order valence-corrected chi connectivity index (χ2v) is 6.43. The fourth-order valence-electron chi connectivity index (χ4n) is 3.08. The minimum atomic E-state index is -0.486. The zero-order chi connectivity index (χ0) is 17.8. The Bertz CT molecular complexity index is 763. The van der Waals surface area contributed by atoms with E-state index >= 15 is 0 Å². The van der Waals surface area contributed by atoms with Gasteiger partial charge in [0.2, 0.25) is 0 Å². The van der Waals surface area contributed by atoms with Gasteiger partial charge in [0.05, 0.1) is 12.7 Å². The van der Waals surface area contributed by atoms with Crippen LogP contribution >= 0.6 is 0 Å². The number of rotatable bonds is 4. The van der Waals surface area contributed by atoms with Gasteiger partial charge in [-0.15, -0.1) is 0 Å². The van der Waals surface area contributed by atoms with E-state index in [2.05, 4.69) is 0 Å². The Hall–Kier alpha value is -2.27. The lowest BCUT2D eigenvalue weighted by molar-refractivity contribution is -0.00769. The Labute approximate surface area is 146 Å². The summed E-state index contributed by atoms with van der Waals surface area (Å²) >= 11 is 0. The molecule has 1 saturated heterocycles. The summed E-state index contributed by atoms with van der Waals surface area (Å²) in [6.45, 7) is 3.10. The van der Waals surface area contributed by atoms with Crippen LogP contribution in [0.1, 0.15) is 34.3 Å². The van der Waals surface area contributed by atoms with Crippen molar-refractivity contribution in [1.29, 1.82) is 0 Å². The summed E-state index contributed by atoms with van der Waals surface area (Å²) in [6.07, 6.45) is 1.45. The molecule has 1 heterocycles.